The van der Waals surface area contributed by atoms with Crippen LogP contribution in [0.1, 0.15) is 43.4 Å². The molecule has 0 fully saturated rings. The van der Waals surface area contributed by atoms with Crippen molar-refractivity contribution < 1.29 is 17.6 Å². The summed E-state index contributed by atoms with van der Waals surface area (Å²) in [7, 11) is -2.09. The molecule has 1 aromatic heterocycles. The van der Waals surface area contributed by atoms with E-state index < -0.39 is 10.0 Å². The summed E-state index contributed by atoms with van der Waals surface area (Å²) >= 11 is 6.20. The van der Waals surface area contributed by atoms with E-state index in [4.69, 9.17) is 16.0 Å². The van der Waals surface area contributed by atoms with E-state index in [1.54, 1.807) is 30.9 Å². The van der Waals surface area contributed by atoms with Crippen LogP contribution in [0.4, 0.5) is 0 Å². The van der Waals surface area contributed by atoms with Crippen LogP contribution < -0.4 is 0 Å². The lowest BCUT2D eigenvalue weighted by Gasteiger charge is -2.22. The van der Waals surface area contributed by atoms with Crippen LogP contribution in [0.5, 0.6) is 0 Å². The monoisotopic (exact) mass is 490 g/mol. The molecule has 0 aliphatic carbocycles. The Bertz CT molecular complexity index is 1210. The van der Waals surface area contributed by atoms with Gasteiger partial charge in [0.05, 0.1) is 22.0 Å². The van der Waals surface area contributed by atoms with Crippen molar-refractivity contribution in [2.45, 2.75) is 44.7 Å². The molecule has 0 atom stereocenters. The third kappa shape index (κ3) is 5.61. The van der Waals surface area contributed by atoms with Gasteiger partial charge in [0.1, 0.15) is 0 Å². The van der Waals surface area contributed by atoms with Crippen molar-refractivity contribution in [3.63, 3.8) is 0 Å². The largest absolute Gasteiger partial charge is 0.419 e. The first kappa shape index (κ1) is 24.9. The van der Waals surface area contributed by atoms with Crippen LogP contribution in [0.3, 0.4) is 0 Å². The quantitative estimate of drug-likeness (QED) is 0.439. The molecule has 0 bridgehead atoms. The van der Waals surface area contributed by atoms with Crippen LogP contribution in [0, 0.1) is 0 Å². The van der Waals surface area contributed by atoms with Gasteiger partial charge in [0.2, 0.25) is 21.8 Å². The number of hydrogen-bond donors (Lipinski definition) is 0. The molecule has 0 spiro atoms. The topological polar surface area (TPSA) is 96.6 Å². The fraction of sp³-hybridized carbons (Fsp3) is 0.348. The highest BCUT2D eigenvalue weighted by Gasteiger charge is 2.24. The molecule has 0 unspecified atom stereocenters. The van der Waals surface area contributed by atoms with Gasteiger partial charge in [-0.3, -0.25) is 4.79 Å². The summed E-state index contributed by atoms with van der Waals surface area (Å²) < 4.78 is 32.4. The van der Waals surface area contributed by atoms with Crippen molar-refractivity contribution in [1.29, 1.82) is 0 Å². The second-order valence-corrected chi connectivity index (χ2v) is 10.3. The molecule has 0 aliphatic heterocycles. The Morgan fingerprint density at radius 3 is 2.36 bits per heavy atom. The first-order chi connectivity index (χ1) is 15.6. The minimum Gasteiger partial charge on any atom is -0.419 e. The third-order valence-corrected chi connectivity index (χ3v) is 7.56. The average Bonchev–Trinajstić information content (AvgIpc) is 3.26. The number of halogens is 1. The number of amides is 1. The van der Waals surface area contributed by atoms with Gasteiger partial charge >= 0.3 is 0 Å². The number of hydrogen-bond acceptors (Lipinski definition) is 6. The van der Waals surface area contributed by atoms with Gasteiger partial charge in [-0.05, 0) is 56.7 Å². The third-order valence-electron chi connectivity index (χ3n) is 5.18. The van der Waals surface area contributed by atoms with Gasteiger partial charge in [0.15, 0.2) is 0 Å². The lowest BCUT2D eigenvalue weighted by Crippen LogP contribution is -2.33. The Morgan fingerprint density at radius 1 is 1.09 bits per heavy atom. The molecule has 0 saturated carbocycles. The molecular weight excluding hydrogens is 464 g/mol. The Balaban J connectivity index is 1.79. The molecule has 3 rings (SSSR count). The van der Waals surface area contributed by atoms with Crippen LogP contribution in [0.15, 0.2) is 57.8 Å². The fourth-order valence-electron chi connectivity index (χ4n) is 3.14. The Kier molecular flexibility index (Phi) is 7.88. The van der Waals surface area contributed by atoms with Gasteiger partial charge in [-0.15, -0.1) is 10.2 Å². The Labute approximate surface area is 199 Å². The molecule has 0 aliphatic rings. The van der Waals surface area contributed by atoms with E-state index in [1.807, 2.05) is 19.1 Å². The maximum atomic E-state index is 13.1. The molecule has 33 heavy (non-hydrogen) atoms. The van der Waals surface area contributed by atoms with E-state index in [2.05, 4.69) is 10.2 Å². The second-order valence-electron chi connectivity index (χ2n) is 7.85. The van der Waals surface area contributed by atoms with Gasteiger partial charge in [0.25, 0.3) is 5.91 Å². The first-order valence-corrected chi connectivity index (χ1v) is 12.4. The van der Waals surface area contributed by atoms with Crippen LogP contribution in [0.25, 0.3) is 11.5 Å². The number of carbonyl (C=O) groups is 1. The molecule has 0 radical (unpaired) electrons. The minimum absolute atomic E-state index is 0.125. The molecule has 10 heteroatoms. The lowest BCUT2D eigenvalue weighted by atomic mass is 10.2. The van der Waals surface area contributed by atoms with E-state index in [1.165, 1.54) is 35.6 Å². The molecular formula is C23H27ClN4O4S. The smallest absolute Gasteiger partial charge is 0.254 e. The van der Waals surface area contributed by atoms with Gasteiger partial charge in [-0.2, -0.15) is 4.31 Å². The molecule has 8 nitrogen and oxygen atoms in total. The highest BCUT2D eigenvalue weighted by atomic mass is 35.5. The van der Waals surface area contributed by atoms with E-state index in [0.717, 1.165) is 6.42 Å². The zero-order chi connectivity index (χ0) is 24.2. The van der Waals surface area contributed by atoms with Crippen LogP contribution >= 0.6 is 11.6 Å². The van der Waals surface area contributed by atoms with Gasteiger partial charge < -0.3 is 9.32 Å². The normalized spacial score (nSPS) is 11.8. The van der Waals surface area contributed by atoms with Crippen molar-refractivity contribution >= 4 is 27.5 Å². The van der Waals surface area contributed by atoms with Crippen molar-refractivity contribution in [3.05, 3.63) is 65.0 Å². The zero-order valence-corrected chi connectivity index (χ0v) is 20.6. The molecule has 0 N–H and O–H groups in total. The number of benzene rings is 2. The molecule has 176 valence electrons. The van der Waals surface area contributed by atoms with Crippen LogP contribution in [0.2, 0.25) is 5.02 Å². The van der Waals surface area contributed by atoms with Crippen molar-refractivity contribution in [3.8, 4) is 11.5 Å². The first-order valence-electron chi connectivity index (χ1n) is 10.6. The summed E-state index contributed by atoms with van der Waals surface area (Å²) in [4.78, 5) is 14.9. The highest BCUT2D eigenvalue weighted by molar-refractivity contribution is 7.89. The Morgan fingerprint density at radius 2 is 1.76 bits per heavy atom. The Hall–Kier alpha value is -2.75. The van der Waals surface area contributed by atoms with E-state index >= 15 is 0 Å². The highest BCUT2D eigenvalue weighted by Crippen LogP contribution is 2.26. The maximum absolute atomic E-state index is 13.1. The molecule has 1 amide bonds. The number of sulfonamides is 1. The number of nitrogens with zero attached hydrogens (tertiary/aromatic N) is 4. The van der Waals surface area contributed by atoms with Crippen LogP contribution in [-0.4, -0.2) is 53.4 Å². The van der Waals surface area contributed by atoms with Crippen molar-refractivity contribution in [2.75, 3.05) is 13.6 Å². The number of aromatic nitrogens is 2. The predicted molar refractivity (Wildman–Crippen MR) is 126 cm³/mol. The molecule has 2 aromatic carbocycles. The standard InChI is InChI=1S/C23H27ClN4O4S/c1-5-14-28(15-21-25-26-22(32-21)19-8-6-7-9-20(19)24)23(29)17-10-12-18(13-11-17)33(30,31)27(4)16(2)3/h6-13,16H,5,14-15H2,1-4H3. The second kappa shape index (κ2) is 10.5. The molecule has 0 saturated heterocycles. The number of carbonyl (C=O) groups excluding carboxylic acids is 1. The van der Waals surface area contributed by atoms with Crippen molar-refractivity contribution in [1.82, 2.24) is 19.4 Å². The average molecular weight is 491 g/mol. The summed E-state index contributed by atoms with van der Waals surface area (Å²) in [6.45, 7) is 6.15. The summed E-state index contributed by atoms with van der Waals surface area (Å²) in [6, 6.07) is 12.9. The van der Waals surface area contributed by atoms with Crippen molar-refractivity contribution in [2.24, 2.45) is 0 Å². The summed E-state index contributed by atoms with van der Waals surface area (Å²) in [5.41, 5.74) is 0.995. The van der Waals surface area contributed by atoms with E-state index in [-0.39, 0.29) is 35.2 Å². The summed E-state index contributed by atoms with van der Waals surface area (Å²) in [6.07, 6.45) is 0.725. The lowest BCUT2D eigenvalue weighted by molar-refractivity contribution is 0.0728. The fourth-order valence-corrected chi connectivity index (χ4v) is 4.73. The van der Waals surface area contributed by atoms with E-state index in [9.17, 15) is 13.2 Å². The molecule has 1 heterocycles. The van der Waals surface area contributed by atoms with Gasteiger partial charge in [0, 0.05) is 25.2 Å². The summed E-state index contributed by atoms with van der Waals surface area (Å²) in [5.74, 6) is 0.309. The summed E-state index contributed by atoms with van der Waals surface area (Å²) in [5, 5.41) is 8.60. The minimum atomic E-state index is -3.62. The predicted octanol–water partition coefficient (Wildman–Crippen LogP) is 4.47. The molecule has 3 aromatic rings. The van der Waals surface area contributed by atoms with E-state index in [0.29, 0.717) is 22.7 Å². The van der Waals surface area contributed by atoms with Gasteiger partial charge in [-0.25, -0.2) is 8.42 Å². The SMILES string of the molecule is CCCN(Cc1nnc(-c2ccccc2Cl)o1)C(=O)c1ccc(S(=O)(=O)N(C)C(C)C)cc1. The van der Waals surface area contributed by atoms with Crippen LogP contribution in [-0.2, 0) is 16.6 Å². The zero-order valence-electron chi connectivity index (χ0n) is 19.0. The van der Waals surface area contributed by atoms with Gasteiger partial charge in [-0.1, -0.05) is 30.7 Å². The maximum Gasteiger partial charge on any atom is 0.254 e. The number of rotatable bonds is 9.